The molecule has 0 radical (unpaired) electrons. The number of anilines is 1. The third-order valence-corrected chi connectivity index (χ3v) is 4.35. The number of benzene rings is 1. The van der Waals surface area contributed by atoms with Crippen molar-refractivity contribution in [2.45, 2.75) is 31.3 Å². The van der Waals surface area contributed by atoms with Crippen molar-refractivity contribution in [1.29, 1.82) is 0 Å². The maximum Gasteiger partial charge on any atom is 0.0874 e. The van der Waals surface area contributed by atoms with Gasteiger partial charge in [0.1, 0.15) is 0 Å². The first-order valence-corrected chi connectivity index (χ1v) is 7.56. The molecule has 0 spiro atoms. The molecule has 0 aliphatic heterocycles. The van der Waals surface area contributed by atoms with E-state index in [-0.39, 0.29) is 5.92 Å². The van der Waals surface area contributed by atoms with Gasteiger partial charge in [0.15, 0.2) is 0 Å². The molecular formula is C18H22N2O. The average molecular weight is 282 g/mol. The van der Waals surface area contributed by atoms with Crippen LogP contribution in [0.15, 0.2) is 42.6 Å². The molecule has 1 aromatic heterocycles. The van der Waals surface area contributed by atoms with Crippen LogP contribution < -0.4 is 4.90 Å². The van der Waals surface area contributed by atoms with Crippen molar-refractivity contribution in [3.63, 3.8) is 0 Å². The van der Waals surface area contributed by atoms with Gasteiger partial charge in [0, 0.05) is 37.6 Å². The maximum atomic E-state index is 10.8. The Kier molecular flexibility index (Phi) is 3.93. The summed E-state index contributed by atoms with van der Waals surface area (Å²) in [6.45, 7) is 0. The van der Waals surface area contributed by atoms with Crippen LogP contribution in [-0.4, -0.2) is 24.2 Å². The van der Waals surface area contributed by atoms with Crippen molar-refractivity contribution in [2.24, 2.45) is 0 Å². The van der Waals surface area contributed by atoms with E-state index < -0.39 is 6.10 Å². The van der Waals surface area contributed by atoms with E-state index in [9.17, 15) is 5.11 Å². The third kappa shape index (κ3) is 2.79. The van der Waals surface area contributed by atoms with Crippen LogP contribution in [0.5, 0.6) is 0 Å². The number of aryl methyl sites for hydroxylation is 1. The predicted octanol–water partition coefficient (Wildman–Crippen LogP) is 3.30. The van der Waals surface area contributed by atoms with Crippen LogP contribution in [0.4, 0.5) is 5.69 Å². The van der Waals surface area contributed by atoms with E-state index in [2.05, 4.69) is 28.1 Å². The topological polar surface area (TPSA) is 36.4 Å². The first-order chi connectivity index (χ1) is 10.2. The number of hydrogen-bond acceptors (Lipinski definition) is 3. The highest BCUT2D eigenvalue weighted by atomic mass is 16.3. The van der Waals surface area contributed by atoms with Gasteiger partial charge in [-0.25, -0.2) is 0 Å². The minimum absolute atomic E-state index is 0.104. The van der Waals surface area contributed by atoms with Crippen molar-refractivity contribution in [3.8, 4) is 0 Å². The Balaban J connectivity index is 1.93. The normalized spacial score (nSPS) is 18.9. The van der Waals surface area contributed by atoms with Gasteiger partial charge in [-0.15, -0.1) is 0 Å². The number of rotatable bonds is 3. The van der Waals surface area contributed by atoms with Gasteiger partial charge < -0.3 is 10.0 Å². The smallest absolute Gasteiger partial charge is 0.0874 e. The Morgan fingerprint density at radius 3 is 2.90 bits per heavy atom. The van der Waals surface area contributed by atoms with Gasteiger partial charge in [-0.2, -0.15) is 0 Å². The summed E-state index contributed by atoms with van der Waals surface area (Å²) in [6.07, 6.45) is 4.54. The fourth-order valence-electron chi connectivity index (χ4n) is 3.17. The van der Waals surface area contributed by atoms with Gasteiger partial charge in [0.05, 0.1) is 6.10 Å². The first-order valence-electron chi connectivity index (χ1n) is 7.56. The van der Waals surface area contributed by atoms with Gasteiger partial charge in [-0.1, -0.05) is 18.2 Å². The summed E-state index contributed by atoms with van der Waals surface area (Å²) in [6, 6.07) is 12.3. The highest BCUT2D eigenvalue weighted by Gasteiger charge is 2.28. The van der Waals surface area contributed by atoms with E-state index in [0.717, 1.165) is 36.2 Å². The predicted molar refractivity (Wildman–Crippen MR) is 85.6 cm³/mol. The summed E-state index contributed by atoms with van der Waals surface area (Å²) in [5.74, 6) is 0.104. The quantitative estimate of drug-likeness (QED) is 0.938. The molecule has 0 saturated carbocycles. The van der Waals surface area contributed by atoms with Gasteiger partial charge in [0.25, 0.3) is 0 Å². The van der Waals surface area contributed by atoms with E-state index in [1.54, 1.807) is 0 Å². The Labute approximate surface area is 126 Å². The molecular weight excluding hydrogens is 260 g/mol. The molecule has 1 N–H and O–H groups in total. The standard InChI is InChI=1S/C18H22N2O/c1-20(2)15-9-3-7-14(12-15)18(21)16-10-4-6-13-8-5-11-19-17(13)16/h3,5,7-9,11-12,16,18,21H,4,6,10H2,1-2H3. The van der Waals surface area contributed by atoms with Gasteiger partial charge in [-0.3, -0.25) is 4.98 Å². The fourth-order valence-corrected chi connectivity index (χ4v) is 3.17. The zero-order valence-electron chi connectivity index (χ0n) is 12.7. The lowest BCUT2D eigenvalue weighted by Crippen LogP contribution is -2.19. The van der Waals surface area contributed by atoms with E-state index in [0.29, 0.717) is 0 Å². The summed E-state index contributed by atoms with van der Waals surface area (Å²) in [7, 11) is 4.03. The van der Waals surface area contributed by atoms with Crippen LogP contribution >= 0.6 is 0 Å². The van der Waals surface area contributed by atoms with Crippen molar-refractivity contribution in [1.82, 2.24) is 4.98 Å². The molecule has 1 heterocycles. The number of pyridine rings is 1. The molecule has 2 atom stereocenters. The number of fused-ring (bicyclic) bond motifs is 1. The van der Waals surface area contributed by atoms with Crippen LogP contribution in [0.2, 0.25) is 0 Å². The van der Waals surface area contributed by atoms with Crippen LogP contribution in [0.3, 0.4) is 0 Å². The largest absolute Gasteiger partial charge is 0.388 e. The molecule has 21 heavy (non-hydrogen) atoms. The van der Waals surface area contributed by atoms with Crippen LogP contribution in [0.25, 0.3) is 0 Å². The van der Waals surface area contributed by atoms with Crippen molar-refractivity contribution < 1.29 is 5.11 Å². The molecule has 3 heteroatoms. The summed E-state index contributed by atoms with van der Waals surface area (Å²) in [5, 5.41) is 10.8. The molecule has 1 aliphatic rings. The zero-order valence-corrected chi connectivity index (χ0v) is 12.7. The Morgan fingerprint density at radius 1 is 1.24 bits per heavy atom. The molecule has 0 bridgehead atoms. The Hall–Kier alpha value is -1.87. The molecule has 2 unspecified atom stereocenters. The van der Waals surface area contributed by atoms with E-state index in [4.69, 9.17) is 0 Å². The van der Waals surface area contributed by atoms with Crippen LogP contribution in [0, 0.1) is 0 Å². The minimum Gasteiger partial charge on any atom is -0.388 e. The summed E-state index contributed by atoms with van der Waals surface area (Å²) in [4.78, 5) is 6.59. The Bertz CT molecular complexity index is 624. The SMILES string of the molecule is CN(C)c1cccc(C(O)C2CCCc3cccnc32)c1. The van der Waals surface area contributed by atoms with Crippen molar-refractivity contribution in [2.75, 3.05) is 19.0 Å². The molecule has 2 aromatic rings. The molecule has 1 aliphatic carbocycles. The highest BCUT2D eigenvalue weighted by Crippen LogP contribution is 2.39. The molecule has 110 valence electrons. The lowest BCUT2D eigenvalue weighted by atomic mass is 9.81. The van der Waals surface area contributed by atoms with Crippen LogP contribution in [0.1, 0.15) is 41.7 Å². The second-order valence-electron chi connectivity index (χ2n) is 5.98. The highest BCUT2D eigenvalue weighted by molar-refractivity contribution is 5.48. The second-order valence-corrected chi connectivity index (χ2v) is 5.98. The molecule has 0 saturated heterocycles. The van der Waals surface area contributed by atoms with Crippen molar-refractivity contribution >= 4 is 5.69 Å². The molecule has 0 amide bonds. The Morgan fingerprint density at radius 2 is 2.10 bits per heavy atom. The van der Waals surface area contributed by atoms with Gasteiger partial charge >= 0.3 is 0 Å². The fraction of sp³-hybridized carbons (Fsp3) is 0.389. The lowest BCUT2D eigenvalue weighted by Gasteiger charge is -2.29. The number of aliphatic hydroxyl groups is 1. The summed E-state index contributed by atoms with van der Waals surface area (Å²) < 4.78 is 0. The number of nitrogens with zero attached hydrogens (tertiary/aromatic N) is 2. The summed E-state index contributed by atoms with van der Waals surface area (Å²) in [5.41, 5.74) is 4.45. The molecule has 0 fully saturated rings. The van der Waals surface area contributed by atoms with E-state index in [1.807, 2.05) is 38.5 Å². The number of aliphatic hydroxyl groups excluding tert-OH is 1. The van der Waals surface area contributed by atoms with Crippen molar-refractivity contribution in [3.05, 3.63) is 59.4 Å². The minimum atomic E-state index is -0.487. The number of hydrogen-bond donors (Lipinski definition) is 1. The maximum absolute atomic E-state index is 10.8. The number of aromatic nitrogens is 1. The summed E-state index contributed by atoms with van der Waals surface area (Å²) >= 11 is 0. The second kappa shape index (κ2) is 5.86. The lowest BCUT2D eigenvalue weighted by molar-refractivity contribution is 0.134. The monoisotopic (exact) mass is 282 g/mol. The molecule has 3 rings (SSSR count). The zero-order chi connectivity index (χ0) is 14.8. The van der Waals surface area contributed by atoms with E-state index >= 15 is 0 Å². The van der Waals surface area contributed by atoms with Crippen LogP contribution in [-0.2, 0) is 6.42 Å². The van der Waals surface area contributed by atoms with Gasteiger partial charge in [-0.05, 0) is 48.6 Å². The molecule has 3 nitrogen and oxygen atoms in total. The van der Waals surface area contributed by atoms with Gasteiger partial charge in [0.2, 0.25) is 0 Å². The average Bonchev–Trinajstić information content (AvgIpc) is 2.53. The first kappa shape index (κ1) is 14.1. The van der Waals surface area contributed by atoms with E-state index in [1.165, 1.54) is 5.56 Å². The molecule has 1 aromatic carbocycles. The third-order valence-electron chi connectivity index (χ3n) is 4.35.